The second-order valence-electron chi connectivity index (χ2n) is 5.13. The summed E-state index contributed by atoms with van der Waals surface area (Å²) in [5, 5.41) is 19.7. The minimum atomic E-state index is 0.218. The molecule has 0 atom stereocenters. The molecule has 0 fully saturated rings. The summed E-state index contributed by atoms with van der Waals surface area (Å²) >= 11 is 0. The molecule has 2 aromatic carbocycles. The van der Waals surface area contributed by atoms with Gasteiger partial charge in [0.1, 0.15) is 17.3 Å². The van der Waals surface area contributed by atoms with Gasteiger partial charge in [0.2, 0.25) is 0 Å². The van der Waals surface area contributed by atoms with Gasteiger partial charge in [-0.25, -0.2) is 0 Å². The number of fused-ring (bicyclic) bond motifs is 1. The molecule has 0 spiro atoms. The van der Waals surface area contributed by atoms with E-state index in [-0.39, 0.29) is 5.75 Å². The van der Waals surface area contributed by atoms with Crippen molar-refractivity contribution in [3.63, 3.8) is 0 Å². The van der Waals surface area contributed by atoms with Crippen molar-refractivity contribution in [2.45, 2.75) is 6.92 Å². The molecule has 0 amide bonds. The Bertz CT molecular complexity index is 864. The van der Waals surface area contributed by atoms with E-state index in [0.717, 1.165) is 28.0 Å². The van der Waals surface area contributed by atoms with Crippen molar-refractivity contribution >= 4 is 28.5 Å². The summed E-state index contributed by atoms with van der Waals surface area (Å²) < 4.78 is 1.75. The van der Waals surface area contributed by atoms with Crippen LogP contribution in [0.3, 0.4) is 0 Å². The molecule has 0 aliphatic carbocycles. The molecule has 2 N–H and O–H groups in total. The highest BCUT2D eigenvalue weighted by Gasteiger charge is 2.11. The third-order valence-electron chi connectivity index (χ3n) is 3.70. The SMILES string of the molecule is CNc1c(N=Cc2c(O)ccc3ccccc23)c(C)nn1C. The number of nitrogens with zero attached hydrogens (tertiary/aromatic N) is 3. The number of hydrogen-bond donors (Lipinski definition) is 2. The van der Waals surface area contributed by atoms with Crippen LogP contribution >= 0.6 is 0 Å². The van der Waals surface area contributed by atoms with Crippen molar-refractivity contribution in [3.05, 3.63) is 47.7 Å². The third kappa shape index (κ3) is 2.30. The standard InChI is InChI=1S/C17H18N4O/c1-11-16(17(18-2)21(3)20-11)19-10-14-13-7-5-4-6-12(13)8-9-15(14)22/h4-10,18,22H,1-3H3. The van der Waals surface area contributed by atoms with Gasteiger partial charge in [-0.15, -0.1) is 0 Å². The molecule has 0 aliphatic heterocycles. The molecule has 1 heterocycles. The number of phenolic OH excluding ortho intramolecular Hbond substituents is 1. The topological polar surface area (TPSA) is 62.4 Å². The molecule has 5 heteroatoms. The number of nitrogens with one attached hydrogen (secondary N) is 1. The first-order valence-corrected chi connectivity index (χ1v) is 7.08. The largest absolute Gasteiger partial charge is 0.507 e. The Balaban J connectivity index is 2.13. The van der Waals surface area contributed by atoms with Gasteiger partial charge in [-0.05, 0) is 23.8 Å². The Labute approximate surface area is 128 Å². The summed E-state index contributed by atoms with van der Waals surface area (Å²) in [5.41, 5.74) is 2.32. The maximum atomic E-state index is 10.2. The van der Waals surface area contributed by atoms with E-state index in [2.05, 4.69) is 15.4 Å². The first-order valence-electron chi connectivity index (χ1n) is 7.08. The lowest BCUT2D eigenvalue weighted by Gasteiger charge is -2.05. The Morgan fingerprint density at radius 3 is 2.77 bits per heavy atom. The van der Waals surface area contributed by atoms with Crippen LogP contribution in [-0.2, 0) is 7.05 Å². The number of anilines is 1. The number of benzene rings is 2. The van der Waals surface area contributed by atoms with Crippen LogP contribution in [0, 0.1) is 6.92 Å². The van der Waals surface area contributed by atoms with Crippen LogP contribution in [0.15, 0.2) is 41.4 Å². The molecular formula is C17H18N4O. The molecule has 0 bridgehead atoms. The summed E-state index contributed by atoms with van der Waals surface area (Å²) in [6.45, 7) is 1.91. The van der Waals surface area contributed by atoms with E-state index in [9.17, 15) is 5.11 Å². The average molecular weight is 294 g/mol. The molecular weight excluding hydrogens is 276 g/mol. The summed E-state index contributed by atoms with van der Waals surface area (Å²) in [4.78, 5) is 4.55. The van der Waals surface area contributed by atoms with Gasteiger partial charge in [0.15, 0.2) is 0 Å². The second-order valence-corrected chi connectivity index (χ2v) is 5.13. The van der Waals surface area contributed by atoms with Crippen molar-refractivity contribution < 1.29 is 5.11 Å². The van der Waals surface area contributed by atoms with E-state index >= 15 is 0 Å². The molecule has 22 heavy (non-hydrogen) atoms. The molecule has 0 unspecified atom stereocenters. The van der Waals surface area contributed by atoms with E-state index in [1.165, 1.54) is 0 Å². The average Bonchev–Trinajstić information content (AvgIpc) is 2.79. The lowest BCUT2D eigenvalue weighted by Crippen LogP contribution is -1.98. The van der Waals surface area contributed by atoms with E-state index in [4.69, 9.17) is 0 Å². The predicted octanol–water partition coefficient (Wildman–Crippen LogP) is 3.38. The zero-order valence-corrected chi connectivity index (χ0v) is 12.8. The van der Waals surface area contributed by atoms with Gasteiger partial charge < -0.3 is 10.4 Å². The minimum absolute atomic E-state index is 0.218. The Kier molecular flexibility index (Phi) is 3.55. The lowest BCUT2D eigenvalue weighted by molar-refractivity contribution is 0.475. The van der Waals surface area contributed by atoms with Crippen LogP contribution in [0.5, 0.6) is 5.75 Å². The van der Waals surface area contributed by atoms with E-state index in [1.54, 1.807) is 17.0 Å². The van der Waals surface area contributed by atoms with Crippen molar-refractivity contribution in [3.8, 4) is 5.75 Å². The van der Waals surface area contributed by atoms with Gasteiger partial charge >= 0.3 is 0 Å². The number of aryl methyl sites for hydroxylation is 2. The van der Waals surface area contributed by atoms with E-state index < -0.39 is 0 Å². The Morgan fingerprint density at radius 1 is 1.23 bits per heavy atom. The predicted molar refractivity (Wildman–Crippen MR) is 90.4 cm³/mol. The summed E-state index contributed by atoms with van der Waals surface area (Å²) in [6.07, 6.45) is 1.70. The fourth-order valence-corrected chi connectivity index (χ4v) is 2.63. The number of rotatable bonds is 3. The third-order valence-corrected chi connectivity index (χ3v) is 3.70. The number of aromatic hydroxyl groups is 1. The molecule has 1 aromatic heterocycles. The first-order chi connectivity index (χ1) is 10.6. The molecule has 3 rings (SSSR count). The van der Waals surface area contributed by atoms with Crippen LogP contribution in [0.4, 0.5) is 11.5 Å². The van der Waals surface area contributed by atoms with Crippen molar-refractivity contribution in [1.82, 2.24) is 9.78 Å². The molecule has 3 aromatic rings. The van der Waals surface area contributed by atoms with Crippen LogP contribution in [0.25, 0.3) is 10.8 Å². The number of phenols is 1. The highest BCUT2D eigenvalue weighted by atomic mass is 16.3. The maximum Gasteiger partial charge on any atom is 0.150 e. The van der Waals surface area contributed by atoms with Gasteiger partial charge in [0.25, 0.3) is 0 Å². The molecule has 0 radical (unpaired) electrons. The highest BCUT2D eigenvalue weighted by Crippen LogP contribution is 2.30. The minimum Gasteiger partial charge on any atom is -0.507 e. The Hall–Kier alpha value is -2.82. The quantitative estimate of drug-likeness (QED) is 0.728. The van der Waals surface area contributed by atoms with E-state index in [0.29, 0.717) is 5.56 Å². The summed E-state index contributed by atoms with van der Waals surface area (Å²) in [7, 11) is 3.71. The van der Waals surface area contributed by atoms with Gasteiger partial charge in [-0.2, -0.15) is 5.10 Å². The fourth-order valence-electron chi connectivity index (χ4n) is 2.63. The van der Waals surface area contributed by atoms with Crippen molar-refractivity contribution in [2.24, 2.45) is 12.0 Å². The summed E-state index contributed by atoms with van der Waals surface area (Å²) in [5.74, 6) is 1.06. The maximum absolute atomic E-state index is 10.2. The smallest absolute Gasteiger partial charge is 0.150 e. The zero-order chi connectivity index (χ0) is 15.7. The molecule has 0 aliphatic rings. The summed E-state index contributed by atoms with van der Waals surface area (Å²) in [6, 6.07) is 11.5. The normalized spacial score (nSPS) is 11.4. The second kappa shape index (κ2) is 5.52. The van der Waals surface area contributed by atoms with Crippen LogP contribution in [0.1, 0.15) is 11.3 Å². The monoisotopic (exact) mass is 294 g/mol. The molecule has 0 saturated heterocycles. The zero-order valence-electron chi connectivity index (χ0n) is 12.8. The number of aromatic nitrogens is 2. The Morgan fingerprint density at radius 2 is 2.00 bits per heavy atom. The fraction of sp³-hybridized carbons (Fsp3) is 0.176. The molecule has 5 nitrogen and oxygen atoms in total. The van der Waals surface area contributed by atoms with Gasteiger partial charge in [0.05, 0.1) is 5.69 Å². The first kappa shape index (κ1) is 14.1. The number of aliphatic imine (C=N–C) groups is 1. The highest BCUT2D eigenvalue weighted by molar-refractivity contribution is 6.03. The molecule has 112 valence electrons. The van der Waals surface area contributed by atoms with Crippen molar-refractivity contribution in [2.75, 3.05) is 12.4 Å². The molecule has 0 saturated carbocycles. The van der Waals surface area contributed by atoms with E-state index in [1.807, 2.05) is 51.4 Å². The van der Waals surface area contributed by atoms with Crippen LogP contribution in [0.2, 0.25) is 0 Å². The van der Waals surface area contributed by atoms with Gasteiger partial charge in [0, 0.05) is 25.9 Å². The van der Waals surface area contributed by atoms with Gasteiger partial charge in [-0.3, -0.25) is 9.67 Å². The van der Waals surface area contributed by atoms with Crippen LogP contribution in [-0.4, -0.2) is 28.1 Å². The lowest BCUT2D eigenvalue weighted by atomic mass is 10.0. The van der Waals surface area contributed by atoms with Crippen molar-refractivity contribution in [1.29, 1.82) is 0 Å². The number of hydrogen-bond acceptors (Lipinski definition) is 4. The van der Waals surface area contributed by atoms with Crippen LogP contribution < -0.4 is 5.32 Å². The van der Waals surface area contributed by atoms with Gasteiger partial charge in [-0.1, -0.05) is 30.3 Å².